The highest BCUT2D eigenvalue weighted by atomic mass is 16.3. The van der Waals surface area contributed by atoms with Crippen LogP contribution >= 0.6 is 0 Å². The van der Waals surface area contributed by atoms with E-state index in [1.54, 1.807) is 7.05 Å². The molecule has 0 aromatic carbocycles. The number of hydrogen-bond acceptors (Lipinski definition) is 4. The molecule has 2 atom stereocenters. The van der Waals surface area contributed by atoms with Gasteiger partial charge >= 0.3 is 0 Å². The summed E-state index contributed by atoms with van der Waals surface area (Å²) in [7, 11) is 1.72. The van der Waals surface area contributed by atoms with Crippen molar-refractivity contribution in [2.45, 2.75) is 31.8 Å². The summed E-state index contributed by atoms with van der Waals surface area (Å²) in [4.78, 5) is 1.41. The third kappa shape index (κ3) is 2.41. The molecule has 1 aromatic heterocycles. The minimum absolute atomic E-state index is 0.448. The van der Waals surface area contributed by atoms with Gasteiger partial charge in [0, 0.05) is 6.42 Å². The van der Waals surface area contributed by atoms with Crippen LogP contribution in [0, 0.1) is 5.92 Å². The molecule has 0 saturated heterocycles. The van der Waals surface area contributed by atoms with E-state index >= 15 is 0 Å². The van der Waals surface area contributed by atoms with Crippen LogP contribution in [0.4, 0.5) is 0 Å². The maximum Gasteiger partial charge on any atom is 0.177 e. The van der Waals surface area contributed by atoms with Crippen LogP contribution in [0.5, 0.6) is 0 Å². The molecule has 1 aliphatic carbocycles. The third-order valence-electron chi connectivity index (χ3n) is 2.78. The highest BCUT2D eigenvalue weighted by Crippen LogP contribution is 2.27. The van der Waals surface area contributed by atoms with Crippen LogP contribution in [-0.4, -0.2) is 30.9 Å². The van der Waals surface area contributed by atoms with Crippen LogP contribution in [0.25, 0.3) is 0 Å². The third-order valence-corrected chi connectivity index (χ3v) is 2.78. The molecule has 0 radical (unpaired) electrons. The monoisotopic (exact) mass is 208 g/mol. The predicted molar refractivity (Wildman–Crippen MR) is 55.0 cm³/mol. The van der Waals surface area contributed by atoms with Crippen molar-refractivity contribution < 1.29 is 5.11 Å². The van der Waals surface area contributed by atoms with Crippen molar-refractivity contribution in [2.75, 3.05) is 0 Å². The van der Waals surface area contributed by atoms with Gasteiger partial charge in [0.2, 0.25) is 0 Å². The van der Waals surface area contributed by atoms with Gasteiger partial charge in [-0.2, -0.15) is 4.80 Å². The average molecular weight is 208 g/mol. The van der Waals surface area contributed by atoms with E-state index in [4.69, 9.17) is 0 Å². The van der Waals surface area contributed by atoms with Gasteiger partial charge in [0.05, 0.1) is 12.6 Å². The summed E-state index contributed by atoms with van der Waals surface area (Å²) in [5.41, 5.74) is -0.782. The average Bonchev–Trinajstić information content (AvgIpc) is 2.57. The minimum atomic E-state index is -0.782. The van der Waals surface area contributed by atoms with Crippen molar-refractivity contribution in [3.05, 3.63) is 18.0 Å². The van der Waals surface area contributed by atoms with Crippen molar-refractivity contribution >= 4 is 0 Å². The largest absolute Gasteiger partial charge is 0.385 e. The van der Waals surface area contributed by atoms with Crippen molar-refractivity contribution in [3.8, 4) is 0 Å². The molecule has 1 aliphatic rings. The number of aryl methyl sites for hydroxylation is 1. The Bertz CT molecular complexity index is 373. The Morgan fingerprint density at radius 1 is 1.67 bits per heavy atom. The summed E-state index contributed by atoms with van der Waals surface area (Å²) >= 11 is 0. The molecule has 2 unspecified atom stereocenters. The number of nitrogens with zero attached hydrogens (tertiary/aromatic N) is 4. The minimum Gasteiger partial charge on any atom is -0.385 e. The standard InChI is InChI=1S/C10H16N4O/c1-8-3-5-10(15,6-4-8)7-9-11-13-14(2)12-9/h3,5,8,15H,4,6-7H2,1-2H3. The predicted octanol–water partition coefficient (Wildman–Crippen LogP) is 0.470. The highest BCUT2D eigenvalue weighted by Gasteiger charge is 2.29. The zero-order valence-electron chi connectivity index (χ0n) is 9.09. The van der Waals surface area contributed by atoms with E-state index < -0.39 is 5.60 Å². The van der Waals surface area contributed by atoms with Crippen LogP contribution < -0.4 is 0 Å². The Hall–Kier alpha value is -1.23. The molecule has 1 aromatic rings. The molecule has 0 amide bonds. The normalized spacial score (nSPS) is 30.7. The van der Waals surface area contributed by atoms with Crippen molar-refractivity contribution in [3.63, 3.8) is 0 Å². The van der Waals surface area contributed by atoms with Gasteiger partial charge in [-0.05, 0) is 24.0 Å². The molecule has 0 saturated carbocycles. The van der Waals surface area contributed by atoms with Crippen LogP contribution in [0.2, 0.25) is 0 Å². The molecule has 2 rings (SSSR count). The summed E-state index contributed by atoms with van der Waals surface area (Å²) in [5.74, 6) is 1.15. The van der Waals surface area contributed by atoms with E-state index in [0.29, 0.717) is 18.2 Å². The summed E-state index contributed by atoms with van der Waals surface area (Å²) in [6, 6.07) is 0. The SMILES string of the molecule is CC1C=CC(O)(Cc2nnn(C)n2)CC1. The molecule has 0 aliphatic heterocycles. The lowest BCUT2D eigenvalue weighted by Gasteiger charge is -2.28. The number of aromatic nitrogens is 4. The van der Waals surface area contributed by atoms with Crippen LogP contribution in [0.15, 0.2) is 12.2 Å². The lowest BCUT2D eigenvalue weighted by Crippen LogP contribution is -2.32. The molecule has 5 nitrogen and oxygen atoms in total. The molecule has 0 fully saturated rings. The van der Waals surface area contributed by atoms with Gasteiger partial charge in [-0.25, -0.2) is 0 Å². The van der Waals surface area contributed by atoms with Crippen molar-refractivity contribution in [2.24, 2.45) is 13.0 Å². The Labute approximate surface area is 88.8 Å². The summed E-state index contributed by atoms with van der Waals surface area (Å²) in [6.45, 7) is 2.15. The van der Waals surface area contributed by atoms with Crippen molar-refractivity contribution in [1.29, 1.82) is 0 Å². The maximum atomic E-state index is 10.2. The van der Waals surface area contributed by atoms with Gasteiger partial charge in [-0.15, -0.1) is 10.2 Å². The van der Waals surface area contributed by atoms with Crippen LogP contribution in [-0.2, 0) is 13.5 Å². The smallest absolute Gasteiger partial charge is 0.177 e. The number of hydrogen-bond donors (Lipinski definition) is 1. The first-order chi connectivity index (χ1) is 7.07. The molecular weight excluding hydrogens is 192 g/mol. The first-order valence-corrected chi connectivity index (χ1v) is 5.22. The second-order valence-electron chi connectivity index (χ2n) is 4.35. The fourth-order valence-corrected chi connectivity index (χ4v) is 1.82. The fourth-order valence-electron chi connectivity index (χ4n) is 1.82. The van der Waals surface area contributed by atoms with E-state index in [-0.39, 0.29) is 0 Å². The van der Waals surface area contributed by atoms with Crippen molar-refractivity contribution in [1.82, 2.24) is 20.2 Å². The van der Waals surface area contributed by atoms with Gasteiger partial charge in [0.1, 0.15) is 0 Å². The van der Waals surface area contributed by atoms with Gasteiger partial charge in [0.15, 0.2) is 5.82 Å². The molecule has 82 valence electrons. The first kappa shape index (κ1) is 10.3. The summed E-state index contributed by atoms with van der Waals surface area (Å²) < 4.78 is 0. The maximum absolute atomic E-state index is 10.2. The van der Waals surface area contributed by atoms with Gasteiger partial charge in [-0.1, -0.05) is 19.1 Å². The number of rotatable bonds is 2. The lowest BCUT2D eigenvalue weighted by molar-refractivity contribution is 0.0679. The number of aliphatic hydroxyl groups is 1. The van der Waals surface area contributed by atoms with Crippen LogP contribution in [0.3, 0.4) is 0 Å². The summed E-state index contributed by atoms with van der Waals surface area (Å²) in [6.07, 6.45) is 6.15. The molecular formula is C10H16N4O. The van der Waals surface area contributed by atoms with E-state index in [2.05, 4.69) is 28.4 Å². The topological polar surface area (TPSA) is 63.8 Å². The Balaban J connectivity index is 2.08. The Kier molecular flexibility index (Phi) is 2.56. The number of allylic oxidation sites excluding steroid dienone is 1. The van der Waals surface area contributed by atoms with E-state index in [9.17, 15) is 5.11 Å². The van der Waals surface area contributed by atoms with Gasteiger partial charge < -0.3 is 5.11 Å². The highest BCUT2D eigenvalue weighted by molar-refractivity contribution is 5.10. The Morgan fingerprint density at radius 3 is 3.00 bits per heavy atom. The summed E-state index contributed by atoms with van der Waals surface area (Å²) in [5, 5.41) is 21.9. The van der Waals surface area contributed by atoms with E-state index in [1.165, 1.54) is 4.80 Å². The van der Waals surface area contributed by atoms with E-state index in [0.717, 1.165) is 12.8 Å². The quantitative estimate of drug-likeness (QED) is 0.717. The zero-order chi connectivity index (χ0) is 10.9. The first-order valence-electron chi connectivity index (χ1n) is 5.22. The molecule has 0 spiro atoms. The molecule has 5 heteroatoms. The van der Waals surface area contributed by atoms with Gasteiger partial charge in [0.25, 0.3) is 0 Å². The van der Waals surface area contributed by atoms with E-state index in [1.807, 2.05) is 6.08 Å². The fraction of sp³-hybridized carbons (Fsp3) is 0.700. The Morgan fingerprint density at radius 2 is 2.47 bits per heavy atom. The molecule has 1 heterocycles. The zero-order valence-corrected chi connectivity index (χ0v) is 9.09. The second-order valence-corrected chi connectivity index (χ2v) is 4.35. The number of tetrazole rings is 1. The second kappa shape index (κ2) is 3.73. The molecule has 0 bridgehead atoms. The van der Waals surface area contributed by atoms with Gasteiger partial charge in [-0.3, -0.25) is 0 Å². The van der Waals surface area contributed by atoms with Crippen LogP contribution in [0.1, 0.15) is 25.6 Å². The lowest BCUT2D eigenvalue weighted by atomic mass is 9.84. The molecule has 1 N–H and O–H groups in total. The molecule has 15 heavy (non-hydrogen) atoms.